The number of halogens is 3. The van der Waals surface area contributed by atoms with Crippen LogP contribution in [0.25, 0.3) is 0 Å². The smallest absolute Gasteiger partial charge is 0.441 e. The molecule has 1 aromatic heterocycles. The summed E-state index contributed by atoms with van der Waals surface area (Å²) in [4.78, 5) is 26.5. The highest BCUT2D eigenvalue weighted by Gasteiger charge is 2.64. The number of methoxy groups -OCH3 is 2. The maximum Gasteiger partial charge on any atom is 0.441 e. The molecule has 0 radical (unpaired) electrons. The SMILES string of the molecule is COC(=O)[C@@](NC(=O)c1ccccc1OC)(Nc1sc2c(c1C#N)CC[C@H](C(C)(C)C)C2)C(F)(F)F. The molecule has 1 amide bonds. The molecule has 1 aromatic carbocycles. The number of alkyl halides is 3. The zero-order valence-corrected chi connectivity index (χ0v) is 21.4. The number of carbonyl (C=O) groups is 2. The summed E-state index contributed by atoms with van der Waals surface area (Å²) < 4.78 is 53.4. The fourth-order valence-electron chi connectivity index (χ4n) is 4.32. The van der Waals surface area contributed by atoms with Gasteiger partial charge in [-0.15, -0.1) is 11.3 Å². The minimum atomic E-state index is -5.33. The Balaban J connectivity index is 2.09. The van der Waals surface area contributed by atoms with E-state index >= 15 is 0 Å². The monoisotopic (exact) mass is 523 g/mol. The molecule has 0 saturated heterocycles. The number of para-hydroxylation sites is 1. The van der Waals surface area contributed by atoms with Crippen LogP contribution in [0.5, 0.6) is 5.75 Å². The van der Waals surface area contributed by atoms with Gasteiger partial charge in [0.25, 0.3) is 5.91 Å². The van der Waals surface area contributed by atoms with Crippen molar-refractivity contribution < 1.29 is 32.2 Å². The lowest BCUT2D eigenvalue weighted by Gasteiger charge is -2.34. The van der Waals surface area contributed by atoms with Gasteiger partial charge in [0.15, 0.2) is 0 Å². The molecule has 0 fully saturated rings. The molecule has 1 heterocycles. The number of benzene rings is 1. The molecule has 0 unspecified atom stereocenters. The van der Waals surface area contributed by atoms with Gasteiger partial charge in [0.1, 0.15) is 16.8 Å². The average Bonchev–Trinajstić information content (AvgIpc) is 3.17. The third-order valence-corrected chi connectivity index (χ3v) is 7.64. The van der Waals surface area contributed by atoms with Crippen molar-refractivity contribution in [3.8, 4) is 11.8 Å². The summed E-state index contributed by atoms with van der Waals surface area (Å²) in [5.74, 6) is -2.69. The molecule has 0 aliphatic heterocycles. The van der Waals surface area contributed by atoms with Crippen molar-refractivity contribution in [1.29, 1.82) is 5.26 Å². The van der Waals surface area contributed by atoms with E-state index in [4.69, 9.17) is 4.74 Å². The van der Waals surface area contributed by atoms with Crippen molar-refractivity contribution in [1.82, 2.24) is 5.32 Å². The van der Waals surface area contributed by atoms with Crippen LogP contribution in [0.4, 0.5) is 18.2 Å². The highest BCUT2D eigenvalue weighted by Crippen LogP contribution is 2.45. The van der Waals surface area contributed by atoms with Gasteiger partial charge in [0.05, 0.1) is 25.3 Å². The summed E-state index contributed by atoms with van der Waals surface area (Å²) in [5.41, 5.74) is -3.18. The largest absolute Gasteiger partial charge is 0.496 e. The zero-order valence-electron chi connectivity index (χ0n) is 20.6. The number of nitrogens with zero attached hydrogens (tertiary/aromatic N) is 1. The lowest BCUT2D eigenvalue weighted by molar-refractivity contribution is -0.203. The number of fused-ring (bicyclic) bond motifs is 1. The Kier molecular flexibility index (Phi) is 7.60. The number of nitriles is 1. The standard InChI is InChI=1S/C25H28F3N3O4S/c1-23(2,3)14-10-11-15-17(13-29)21(36-19(15)12-14)31-24(22(33)35-5,25(26,27)28)30-20(32)16-8-6-7-9-18(16)34-4/h6-9,14,31H,10-12H2,1-5H3,(H,30,32)/t14-,24+/m0/s1. The van der Waals surface area contributed by atoms with Gasteiger partial charge < -0.3 is 20.1 Å². The second-order valence-electron chi connectivity index (χ2n) is 9.64. The van der Waals surface area contributed by atoms with Crippen LogP contribution in [0.2, 0.25) is 0 Å². The fourth-order valence-corrected chi connectivity index (χ4v) is 5.65. The van der Waals surface area contributed by atoms with E-state index in [9.17, 15) is 28.0 Å². The first-order chi connectivity index (χ1) is 16.8. The molecule has 194 valence electrons. The molecule has 3 rings (SSSR count). The second-order valence-corrected chi connectivity index (χ2v) is 10.7. The number of ether oxygens (including phenoxy) is 2. The van der Waals surface area contributed by atoms with E-state index in [1.54, 1.807) is 11.4 Å². The van der Waals surface area contributed by atoms with Crippen molar-refractivity contribution in [3.63, 3.8) is 0 Å². The molecule has 11 heteroatoms. The molecule has 0 spiro atoms. The molecule has 0 bridgehead atoms. The average molecular weight is 524 g/mol. The van der Waals surface area contributed by atoms with Gasteiger partial charge in [0, 0.05) is 4.88 Å². The number of amides is 1. The summed E-state index contributed by atoms with van der Waals surface area (Å²) >= 11 is 0.990. The van der Waals surface area contributed by atoms with Gasteiger partial charge in [-0.2, -0.15) is 18.4 Å². The highest BCUT2D eigenvalue weighted by atomic mass is 32.1. The van der Waals surface area contributed by atoms with Gasteiger partial charge in [-0.25, -0.2) is 4.79 Å². The molecule has 1 aliphatic rings. The predicted octanol–water partition coefficient (Wildman–Crippen LogP) is 5.05. The molecule has 2 aromatic rings. The highest BCUT2D eigenvalue weighted by molar-refractivity contribution is 7.16. The predicted molar refractivity (Wildman–Crippen MR) is 129 cm³/mol. The summed E-state index contributed by atoms with van der Waals surface area (Å²) in [6.07, 6.45) is -3.41. The first kappa shape index (κ1) is 27.3. The number of carbonyl (C=O) groups excluding carboxylic acids is 2. The van der Waals surface area contributed by atoms with Crippen LogP contribution in [0.3, 0.4) is 0 Å². The quantitative estimate of drug-likeness (QED) is 0.406. The Bertz CT molecular complexity index is 1200. The Morgan fingerprint density at radius 1 is 1.17 bits per heavy atom. The summed E-state index contributed by atoms with van der Waals surface area (Å²) in [7, 11) is 2.06. The van der Waals surface area contributed by atoms with Crippen LogP contribution in [0.15, 0.2) is 24.3 Å². The van der Waals surface area contributed by atoms with E-state index in [-0.39, 0.29) is 33.2 Å². The van der Waals surface area contributed by atoms with E-state index in [1.807, 2.05) is 6.07 Å². The first-order valence-electron chi connectivity index (χ1n) is 11.2. The summed E-state index contributed by atoms with van der Waals surface area (Å²) in [6, 6.07) is 7.66. The topological polar surface area (TPSA) is 100 Å². The number of thiophene rings is 1. The van der Waals surface area contributed by atoms with E-state index in [1.165, 1.54) is 25.3 Å². The van der Waals surface area contributed by atoms with E-state index < -0.39 is 23.7 Å². The van der Waals surface area contributed by atoms with Crippen molar-refractivity contribution >= 4 is 28.2 Å². The van der Waals surface area contributed by atoms with E-state index in [0.29, 0.717) is 18.4 Å². The molecule has 2 atom stereocenters. The van der Waals surface area contributed by atoms with Crippen LogP contribution >= 0.6 is 11.3 Å². The molecule has 2 N–H and O–H groups in total. The van der Waals surface area contributed by atoms with E-state index in [2.05, 4.69) is 30.8 Å². The molecule has 0 saturated carbocycles. The number of anilines is 1. The number of nitrogens with one attached hydrogen (secondary N) is 2. The van der Waals surface area contributed by atoms with Gasteiger partial charge in [0.2, 0.25) is 0 Å². The Morgan fingerprint density at radius 2 is 1.83 bits per heavy atom. The number of hydrogen-bond donors (Lipinski definition) is 2. The summed E-state index contributed by atoms with van der Waals surface area (Å²) in [6.45, 7) is 6.29. The maximum absolute atomic E-state index is 14.6. The van der Waals surface area contributed by atoms with Crippen LogP contribution < -0.4 is 15.4 Å². The molecular weight excluding hydrogens is 495 g/mol. The lowest BCUT2D eigenvalue weighted by atomic mass is 9.72. The van der Waals surface area contributed by atoms with E-state index in [0.717, 1.165) is 29.7 Å². The van der Waals surface area contributed by atoms with Gasteiger partial charge in [-0.3, -0.25) is 4.79 Å². The molecule has 7 nitrogen and oxygen atoms in total. The van der Waals surface area contributed by atoms with Crippen molar-refractivity contribution in [3.05, 3.63) is 45.8 Å². The van der Waals surface area contributed by atoms with Crippen molar-refractivity contribution in [2.75, 3.05) is 19.5 Å². The number of rotatable bonds is 6. The Labute approximate surface area is 211 Å². The minimum Gasteiger partial charge on any atom is -0.496 e. The van der Waals surface area contributed by atoms with Gasteiger partial charge >= 0.3 is 17.8 Å². The molecular formula is C25H28F3N3O4S. The van der Waals surface area contributed by atoms with Gasteiger partial charge in [-0.1, -0.05) is 32.9 Å². The third kappa shape index (κ3) is 5.00. The maximum atomic E-state index is 14.6. The number of esters is 1. The van der Waals surface area contributed by atoms with Crippen molar-refractivity contribution in [2.24, 2.45) is 11.3 Å². The normalized spacial score (nSPS) is 17.2. The van der Waals surface area contributed by atoms with Crippen LogP contribution in [0.1, 0.15) is 53.6 Å². The first-order valence-corrected chi connectivity index (χ1v) is 12.0. The van der Waals surface area contributed by atoms with Crippen LogP contribution in [-0.2, 0) is 22.4 Å². The number of hydrogen-bond acceptors (Lipinski definition) is 7. The molecule has 1 aliphatic carbocycles. The molecule has 36 heavy (non-hydrogen) atoms. The van der Waals surface area contributed by atoms with Gasteiger partial charge in [-0.05, 0) is 48.3 Å². The Morgan fingerprint density at radius 3 is 2.39 bits per heavy atom. The van der Waals surface area contributed by atoms with Crippen LogP contribution in [-0.4, -0.2) is 37.9 Å². The lowest BCUT2D eigenvalue weighted by Crippen LogP contribution is -2.69. The summed E-state index contributed by atoms with van der Waals surface area (Å²) in [5, 5.41) is 13.6. The van der Waals surface area contributed by atoms with Crippen molar-refractivity contribution in [2.45, 2.75) is 51.9 Å². The van der Waals surface area contributed by atoms with Crippen LogP contribution in [0, 0.1) is 22.7 Å². The second kappa shape index (κ2) is 10.0. The third-order valence-electron chi connectivity index (χ3n) is 6.47. The minimum absolute atomic E-state index is 0.0213. The Hall–Kier alpha value is -3.26. The zero-order chi connectivity index (χ0) is 26.9. The fraction of sp³-hybridized carbons (Fsp3) is 0.480.